The van der Waals surface area contributed by atoms with Crippen LogP contribution in [-0.4, -0.2) is 37.5 Å². The lowest BCUT2D eigenvalue weighted by atomic mass is 10.0. The van der Waals surface area contributed by atoms with Gasteiger partial charge in [-0.3, -0.25) is 9.59 Å². The van der Waals surface area contributed by atoms with Crippen molar-refractivity contribution < 1.29 is 14.5 Å². The van der Waals surface area contributed by atoms with Crippen molar-refractivity contribution in [2.75, 3.05) is 20.1 Å². The average Bonchev–Trinajstić information content (AvgIpc) is 2.43. The first kappa shape index (κ1) is 20.2. The first-order valence-electron chi connectivity index (χ1n) is 8.59. The molecular formula is C19H32N3O2+. The number of carbonyl (C=O) groups is 2. The fourth-order valence-electron chi connectivity index (χ4n) is 2.54. The summed E-state index contributed by atoms with van der Waals surface area (Å²) in [6.07, 6.45) is 0.832. The average molecular weight is 334 g/mol. The summed E-state index contributed by atoms with van der Waals surface area (Å²) in [5, 5.41) is 5.98. The highest BCUT2D eigenvalue weighted by Gasteiger charge is 2.20. The molecule has 0 spiro atoms. The number of benzene rings is 1. The number of quaternary nitrogens is 1. The van der Waals surface area contributed by atoms with Crippen molar-refractivity contribution in [3.05, 3.63) is 35.4 Å². The molecule has 0 saturated heterocycles. The van der Waals surface area contributed by atoms with Crippen LogP contribution < -0.4 is 15.5 Å². The first-order chi connectivity index (χ1) is 11.1. The summed E-state index contributed by atoms with van der Waals surface area (Å²) in [5.74, 6) is -0.0816. The van der Waals surface area contributed by atoms with Gasteiger partial charge in [-0.05, 0) is 39.7 Å². The number of rotatable bonds is 7. The smallest absolute Gasteiger partial charge is 0.275 e. The van der Waals surface area contributed by atoms with E-state index in [0.717, 1.165) is 16.9 Å². The summed E-state index contributed by atoms with van der Waals surface area (Å²) < 4.78 is 0. The molecule has 134 valence electrons. The standard InChI is InChI=1S/C19H31N3O2/c1-7-16(15-10-8-14(2)9-11-15)20-17(23)12-22(6)13-18(24)21-19(3,4)5/h8-11,16H,7,12-13H2,1-6H3,(H,20,23)(H,21,24)/p+1/t16-/m1/s1. The van der Waals surface area contributed by atoms with E-state index in [1.54, 1.807) is 0 Å². The van der Waals surface area contributed by atoms with Crippen LogP contribution in [0.1, 0.15) is 51.3 Å². The number of hydrogen-bond acceptors (Lipinski definition) is 2. The van der Waals surface area contributed by atoms with Crippen molar-refractivity contribution in [1.29, 1.82) is 0 Å². The molecule has 0 saturated carbocycles. The second kappa shape index (κ2) is 8.83. The monoisotopic (exact) mass is 334 g/mol. The van der Waals surface area contributed by atoms with Gasteiger partial charge in [0.25, 0.3) is 11.8 Å². The van der Waals surface area contributed by atoms with Gasteiger partial charge in [0, 0.05) is 5.54 Å². The lowest BCUT2D eigenvalue weighted by Gasteiger charge is -2.22. The Morgan fingerprint density at radius 1 is 1.08 bits per heavy atom. The number of aryl methyl sites for hydroxylation is 1. The molecule has 5 heteroatoms. The molecule has 0 bridgehead atoms. The van der Waals surface area contributed by atoms with Crippen LogP contribution in [0.25, 0.3) is 0 Å². The van der Waals surface area contributed by atoms with E-state index < -0.39 is 0 Å². The first-order valence-corrected chi connectivity index (χ1v) is 8.59. The van der Waals surface area contributed by atoms with Gasteiger partial charge in [0.15, 0.2) is 13.1 Å². The van der Waals surface area contributed by atoms with Crippen LogP contribution in [0, 0.1) is 6.92 Å². The minimum atomic E-state index is -0.252. The topological polar surface area (TPSA) is 62.6 Å². The van der Waals surface area contributed by atoms with Gasteiger partial charge in [0.05, 0.1) is 13.1 Å². The van der Waals surface area contributed by atoms with Gasteiger partial charge in [-0.2, -0.15) is 0 Å². The molecule has 5 nitrogen and oxygen atoms in total. The zero-order chi connectivity index (χ0) is 18.3. The van der Waals surface area contributed by atoms with Crippen LogP contribution in [0.15, 0.2) is 24.3 Å². The van der Waals surface area contributed by atoms with Gasteiger partial charge in [0.1, 0.15) is 0 Å². The maximum Gasteiger partial charge on any atom is 0.275 e. The van der Waals surface area contributed by atoms with Crippen molar-refractivity contribution in [3.63, 3.8) is 0 Å². The van der Waals surface area contributed by atoms with Crippen molar-refractivity contribution in [1.82, 2.24) is 10.6 Å². The molecule has 0 heterocycles. The minimum Gasteiger partial charge on any atom is -0.347 e. The molecule has 0 radical (unpaired) electrons. The highest BCUT2D eigenvalue weighted by molar-refractivity contribution is 5.79. The van der Waals surface area contributed by atoms with Gasteiger partial charge in [-0.25, -0.2) is 0 Å². The fraction of sp³-hybridized carbons (Fsp3) is 0.579. The molecule has 2 atom stereocenters. The summed E-state index contributed by atoms with van der Waals surface area (Å²) in [6.45, 7) is 10.5. The molecule has 1 rings (SSSR count). The summed E-state index contributed by atoms with van der Waals surface area (Å²) in [4.78, 5) is 25.1. The van der Waals surface area contributed by atoms with Gasteiger partial charge >= 0.3 is 0 Å². The highest BCUT2D eigenvalue weighted by atomic mass is 16.2. The largest absolute Gasteiger partial charge is 0.347 e. The number of hydrogen-bond donors (Lipinski definition) is 3. The maximum atomic E-state index is 12.3. The van der Waals surface area contributed by atoms with Crippen molar-refractivity contribution in [3.8, 4) is 0 Å². The molecule has 1 aromatic carbocycles. The molecule has 0 aliphatic heterocycles. The van der Waals surface area contributed by atoms with Crippen molar-refractivity contribution >= 4 is 11.8 Å². The van der Waals surface area contributed by atoms with E-state index in [0.29, 0.717) is 0 Å². The van der Waals surface area contributed by atoms with E-state index in [-0.39, 0.29) is 36.5 Å². The highest BCUT2D eigenvalue weighted by Crippen LogP contribution is 2.16. The van der Waals surface area contributed by atoms with E-state index in [4.69, 9.17) is 0 Å². The molecule has 24 heavy (non-hydrogen) atoms. The third-order valence-electron chi connectivity index (χ3n) is 3.66. The van der Waals surface area contributed by atoms with E-state index in [1.807, 2.05) is 34.7 Å². The Bertz CT molecular complexity index is 547. The number of carbonyl (C=O) groups excluding carboxylic acids is 2. The SMILES string of the molecule is CC[C@@H](NC(=O)C[NH+](C)CC(=O)NC(C)(C)C)c1ccc(C)cc1. The van der Waals surface area contributed by atoms with Crippen LogP contribution >= 0.6 is 0 Å². The Balaban J connectivity index is 2.51. The third-order valence-corrected chi connectivity index (χ3v) is 3.66. The summed E-state index contributed by atoms with van der Waals surface area (Å²) >= 11 is 0. The molecule has 2 amide bonds. The van der Waals surface area contributed by atoms with Crippen LogP contribution in [0.5, 0.6) is 0 Å². The van der Waals surface area contributed by atoms with E-state index in [9.17, 15) is 9.59 Å². The van der Waals surface area contributed by atoms with Gasteiger partial charge in [0.2, 0.25) is 0 Å². The fourth-order valence-corrected chi connectivity index (χ4v) is 2.54. The molecular weight excluding hydrogens is 302 g/mol. The minimum absolute atomic E-state index is 0.00861. The normalized spacial score (nSPS) is 13.9. The van der Waals surface area contributed by atoms with E-state index in [1.165, 1.54) is 5.56 Å². The predicted octanol–water partition coefficient (Wildman–Crippen LogP) is 0.992. The molecule has 0 fully saturated rings. The Hall–Kier alpha value is -1.88. The van der Waals surface area contributed by atoms with Crippen LogP contribution in [0.2, 0.25) is 0 Å². The third kappa shape index (κ3) is 7.59. The summed E-state index contributed by atoms with van der Waals surface area (Å²) in [5.41, 5.74) is 2.06. The van der Waals surface area contributed by atoms with Crippen LogP contribution in [0.4, 0.5) is 0 Å². The molecule has 0 aliphatic carbocycles. The van der Waals surface area contributed by atoms with Crippen molar-refractivity contribution in [2.24, 2.45) is 0 Å². The van der Waals surface area contributed by atoms with Gasteiger partial charge in [-0.15, -0.1) is 0 Å². The Morgan fingerprint density at radius 3 is 2.12 bits per heavy atom. The molecule has 0 aliphatic rings. The van der Waals surface area contributed by atoms with Crippen molar-refractivity contribution in [2.45, 2.75) is 52.6 Å². The second-order valence-electron chi connectivity index (χ2n) is 7.55. The van der Waals surface area contributed by atoms with Gasteiger partial charge in [-0.1, -0.05) is 36.8 Å². The molecule has 1 unspecified atom stereocenters. The molecule has 3 N–H and O–H groups in total. The second-order valence-corrected chi connectivity index (χ2v) is 7.55. The lowest BCUT2D eigenvalue weighted by Crippen LogP contribution is -3.11. The van der Waals surface area contributed by atoms with Gasteiger partial charge < -0.3 is 15.5 Å². The number of nitrogens with one attached hydrogen (secondary N) is 3. The number of amides is 2. The Kier molecular flexibility index (Phi) is 7.42. The Morgan fingerprint density at radius 2 is 1.62 bits per heavy atom. The summed E-state index contributed by atoms with van der Waals surface area (Å²) in [7, 11) is 1.86. The predicted molar refractivity (Wildman–Crippen MR) is 96.9 cm³/mol. The van der Waals surface area contributed by atoms with E-state index >= 15 is 0 Å². The number of likely N-dealkylation sites (N-methyl/N-ethyl adjacent to an activating group) is 1. The zero-order valence-corrected chi connectivity index (χ0v) is 15.8. The molecule has 0 aromatic heterocycles. The Labute approximate surface area is 145 Å². The van der Waals surface area contributed by atoms with Crippen LogP contribution in [-0.2, 0) is 9.59 Å². The summed E-state index contributed by atoms with van der Waals surface area (Å²) in [6, 6.07) is 8.22. The maximum absolute atomic E-state index is 12.3. The zero-order valence-electron chi connectivity index (χ0n) is 15.8. The molecule has 1 aromatic rings. The van der Waals surface area contributed by atoms with Crippen LogP contribution in [0.3, 0.4) is 0 Å². The lowest BCUT2D eigenvalue weighted by molar-refractivity contribution is -0.862. The quantitative estimate of drug-likeness (QED) is 0.696. The van der Waals surface area contributed by atoms with E-state index in [2.05, 4.69) is 41.8 Å².